The molecule has 0 aromatic heterocycles. The Balaban J connectivity index is 1.53. The second-order valence-corrected chi connectivity index (χ2v) is 10.3. The van der Waals surface area contributed by atoms with Crippen LogP contribution in [0.5, 0.6) is 0 Å². The minimum absolute atomic E-state index is 0.0518. The molecule has 0 spiro atoms. The number of hydrogen-bond donors (Lipinski definition) is 2. The van der Waals surface area contributed by atoms with Crippen molar-refractivity contribution < 1.29 is 13.2 Å². The van der Waals surface area contributed by atoms with Gasteiger partial charge in [-0.2, -0.15) is 0 Å². The van der Waals surface area contributed by atoms with Gasteiger partial charge in [0.25, 0.3) is 5.91 Å². The highest BCUT2D eigenvalue weighted by Gasteiger charge is 2.16. The van der Waals surface area contributed by atoms with Crippen LogP contribution in [0.25, 0.3) is 0 Å². The van der Waals surface area contributed by atoms with Crippen molar-refractivity contribution in [2.45, 2.75) is 46.2 Å². The van der Waals surface area contributed by atoms with Gasteiger partial charge in [-0.3, -0.25) is 14.4 Å². The summed E-state index contributed by atoms with van der Waals surface area (Å²) in [7, 11) is -3.39. The zero-order valence-electron chi connectivity index (χ0n) is 18.4. The lowest BCUT2D eigenvalue weighted by atomic mass is 9.99. The molecular formula is C24H33N3O3S. The van der Waals surface area contributed by atoms with Gasteiger partial charge in [0, 0.05) is 30.9 Å². The van der Waals surface area contributed by atoms with E-state index in [-0.39, 0.29) is 11.7 Å². The lowest BCUT2D eigenvalue weighted by Gasteiger charge is -2.30. The van der Waals surface area contributed by atoms with Crippen LogP contribution in [0.3, 0.4) is 0 Å². The van der Waals surface area contributed by atoms with Crippen LogP contribution in [0, 0.1) is 5.92 Å². The molecule has 1 fully saturated rings. The molecular weight excluding hydrogens is 410 g/mol. The maximum atomic E-state index is 12.5. The molecule has 0 bridgehead atoms. The molecule has 31 heavy (non-hydrogen) atoms. The summed E-state index contributed by atoms with van der Waals surface area (Å²) < 4.78 is 26.4. The van der Waals surface area contributed by atoms with E-state index in [4.69, 9.17) is 0 Å². The Hall–Kier alpha value is -2.38. The number of amides is 1. The standard InChI is InChI=1S/C24H33N3O3S/c1-3-14-31(29,30)26-23-8-4-7-22(15-23)24(28)25-16-20-9-11-21(12-10-20)18-27-13-5-6-19(2)17-27/h4,7-12,15,19,26H,3,5-6,13-14,16-18H2,1-2H3,(H,25,28). The van der Waals surface area contributed by atoms with Gasteiger partial charge in [-0.15, -0.1) is 0 Å². The predicted molar refractivity (Wildman–Crippen MR) is 125 cm³/mol. The SMILES string of the molecule is CCCS(=O)(=O)Nc1cccc(C(=O)NCc2ccc(CN3CCCC(C)C3)cc2)c1. The number of nitrogens with one attached hydrogen (secondary N) is 2. The Morgan fingerprint density at radius 2 is 1.87 bits per heavy atom. The number of piperidine rings is 1. The minimum atomic E-state index is -3.39. The summed E-state index contributed by atoms with van der Waals surface area (Å²) in [5, 5.41) is 2.91. The topological polar surface area (TPSA) is 78.5 Å². The Kier molecular flexibility index (Phi) is 8.09. The van der Waals surface area contributed by atoms with E-state index in [9.17, 15) is 13.2 Å². The van der Waals surface area contributed by atoms with E-state index in [1.165, 1.54) is 18.4 Å². The predicted octanol–water partition coefficient (Wildman–Crippen LogP) is 4.00. The normalized spacial score (nSPS) is 17.3. The van der Waals surface area contributed by atoms with Crippen LogP contribution in [0.1, 0.15) is 54.6 Å². The largest absolute Gasteiger partial charge is 0.348 e. The van der Waals surface area contributed by atoms with Crippen molar-refractivity contribution in [2.24, 2.45) is 5.92 Å². The van der Waals surface area contributed by atoms with Crippen molar-refractivity contribution >= 4 is 21.6 Å². The number of likely N-dealkylation sites (tertiary alicyclic amines) is 1. The fraction of sp³-hybridized carbons (Fsp3) is 0.458. The van der Waals surface area contributed by atoms with E-state index >= 15 is 0 Å². The molecule has 3 rings (SSSR count). The molecule has 0 aliphatic carbocycles. The monoisotopic (exact) mass is 443 g/mol. The van der Waals surface area contributed by atoms with Gasteiger partial charge in [0.05, 0.1) is 5.75 Å². The van der Waals surface area contributed by atoms with Crippen molar-refractivity contribution in [3.05, 3.63) is 65.2 Å². The molecule has 1 saturated heterocycles. The molecule has 168 valence electrons. The maximum Gasteiger partial charge on any atom is 0.251 e. The highest BCUT2D eigenvalue weighted by Crippen LogP contribution is 2.18. The fourth-order valence-corrected chi connectivity index (χ4v) is 5.08. The lowest BCUT2D eigenvalue weighted by molar-refractivity contribution is 0.0951. The zero-order chi connectivity index (χ0) is 22.3. The molecule has 1 aliphatic rings. The van der Waals surface area contributed by atoms with E-state index in [1.54, 1.807) is 24.3 Å². The minimum Gasteiger partial charge on any atom is -0.348 e. The van der Waals surface area contributed by atoms with Crippen LogP contribution >= 0.6 is 0 Å². The third kappa shape index (κ3) is 7.36. The van der Waals surface area contributed by atoms with Crippen LogP contribution in [0.4, 0.5) is 5.69 Å². The number of hydrogen-bond acceptors (Lipinski definition) is 4. The van der Waals surface area contributed by atoms with E-state index < -0.39 is 10.0 Å². The number of rotatable bonds is 9. The summed E-state index contributed by atoms with van der Waals surface area (Å²) in [6.07, 6.45) is 3.13. The third-order valence-corrected chi connectivity index (χ3v) is 6.99. The molecule has 7 heteroatoms. The summed E-state index contributed by atoms with van der Waals surface area (Å²) in [6, 6.07) is 14.9. The molecule has 0 radical (unpaired) electrons. The molecule has 1 heterocycles. The highest BCUT2D eigenvalue weighted by molar-refractivity contribution is 7.92. The molecule has 0 saturated carbocycles. The van der Waals surface area contributed by atoms with E-state index in [0.717, 1.165) is 31.1 Å². The summed E-state index contributed by atoms with van der Waals surface area (Å²) >= 11 is 0. The van der Waals surface area contributed by atoms with Gasteiger partial charge in [-0.25, -0.2) is 8.42 Å². The number of benzene rings is 2. The van der Waals surface area contributed by atoms with Crippen LogP contribution in [0.15, 0.2) is 48.5 Å². The number of nitrogens with zero attached hydrogens (tertiary/aromatic N) is 1. The number of carbonyl (C=O) groups is 1. The first kappa shape index (κ1) is 23.3. The number of anilines is 1. The van der Waals surface area contributed by atoms with Gasteiger partial charge in [0.15, 0.2) is 0 Å². The van der Waals surface area contributed by atoms with Gasteiger partial charge in [-0.1, -0.05) is 44.2 Å². The molecule has 1 aliphatic heterocycles. The number of carbonyl (C=O) groups excluding carboxylic acids is 1. The third-order valence-electron chi connectivity index (χ3n) is 5.49. The first-order valence-electron chi connectivity index (χ1n) is 11.0. The second-order valence-electron chi connectivity index (χ2n) is 8.48. The molecule has 6 nitrogen and oxygen atoms in total. The molecule has 1 amide bonds. The van der Waals surface area contributed by atoms with E-state index in [2.05, 4.69) is 46.1 Å². The molecule has 2 aromatic carbocycles. The van der Waals surface area contributed by atoms with Crippen molar-refractivity contribution in [3.63, 3.8) is 0 Å². The molecule has 2 aromatic rings. The van der Waals surface area contributed by atoms with E-state index in [0.29, 0.717) is 24.2 Å². The highest BCUT2D eigenvalue weighted by atomic mass is 32.2. The Labute approximate surface area is 186 Å². The Bertz CT molecular complexity index is 974. The lowest BCUT2D eigenvalue weighted by Crippen LogP contribution is -2.33. The molecule has 1 unspecified atom stereocenters. The first-order valence-corrected chi connectivity index (χ1v) is 12.7. The summed E-state index contributed by atoms with van der Waals surface area (Å²) in [5.41, 5.74) is 3.14. The van der Waals surface area contributed by atoms with Crippen molar-refractivity contribution in [2.75, 3.05) is 23.6 Å². The van der Waals surface area contributed by atoms with Crippen molar-refractivity contribution in [1.29, 1.82) is 0 Å². The average molecular weight is 444 g/mol. The fourth-order valence-electron chi connectivity index (χ4n) is 3.96. The average Bonchev–Trinajstić information content (AvgIpc) is 2.73. The maximum absolute atomic E-state index is 12.5. The smallest absolute Gasteiger partial charge is 0.251 e. The summed E-state index contributed by atoms with van der Waals surface area (Å²) in [5.74, 6) is 0.586. The molecule has 2 N–H and O–H groups in total. The zero-order valence-corrected chi connectivity index (χ0v) is 19.2. The number of sulfonamides is 1. The Morgan fingerprint density at radius 3 is 2.58 bits per heavy atom. The second kappa shape index (κ2) is 10.8. The molecule has 1 atom stereocenters. The summed E-state index contributed by atoms with van der Waals surface area (Å²) in [6.45, 7) is 7.84. The van der Waals surface area contributed by atoms with Gasteiger partial charge < -0.3 is 5.32 Å². The van der Waals surface area contributed by atoms with Crippen molar-refractivity contribution in [3.8, 4) is 0 Å². The quantitative estimate of drug-likeness (QED) is 0.614. The van der Waals surface area contributed by atoms with Gasteiger partial charge in [-0.05, 0) is 61.1 Å². The van der Waals surface area contributed by atoms with Crippen molar-refractivity contribution in [1.82, 2.24) is 10.2 Å². The summed E-state index contributed by atoms with van der Waals surface area (Å²) in [4.78, 5) is 15.0. The Morgan fingerprint density at radius 1 is 1.13 bits per heavy atom. The van der Waals surface area contributed by atoms with E-state index in [1.807, 2.05) is 6.92 Å². The van der Waals surface area contributed by atoms with Crippen LogP contribution in [0.2, 0.25) is 0 Å². The first-order chi connectivity index (χ1) is 14.8. The van der Waals surface area contributed by atoms with Gasteiger partial charge in [0.2, 0.25) is 10.0 Å². The van der Waals surface area contributed by atoms with Crippen LogP contribution < -0.4 is 10.0 Å². The van der Waals surface area contributed by atoms with Crippen LogP contribution in [-0.2, 0) is 23.1 Å². The van der Waals surface area contributed by atoms with Gasteiger partial charge in [0.1, 0.15) is 0 Å². The van der Waals surface area contributed by atoms with Gasteiger partial charge >= 0.3 is 0 Å². The van der Waals surface area contributed by atoms with Crippen LogP contribution in [-0.4, -0.2) is 38.1 Å².